The van der Waals surface area contributed by atoms with Gasteiger partial charge in [-0.25, -0.2) is 0 Å². The van der Waals surface area contributed by atoms with Gasteiger partial charge in [0, 0.05) is 46.3 Å². The van der Waals surface area contributed by atoms with E-state index >= 15 is 0 Å². The highest BCUT2D eigenvalue weighted by atomic mass is 127. The molecule has 0 aromatic heterocycles. The number of guanidine groups is 1. The van der Waals surface area contributed by atoms with E-state index in [-0.39, 0.29) is 35.9 Å². The zero-order chi connectivity index (χ0) is 21.9. The lowest BCUT2D eigenvalue weighted by atomic mass is 10.1. The molecule has 1 atom stereocenters. The highest BCUT2D eigenvalue weighted by Gasteiger charge is 2.30. The lowest BCUT2D eigenvalue weighted by Gasteiger charge is -2.26. The Morgan fingerprint density at radius 3 is 2.77 bits per heavy atom. The summed E-state index contributed by atoms with van der Waals surface area (Å²) in [5, 5.41) is 6.76. The predicted octanol–water partition coefficient (Wildman–Crippen LogP) is 3.01. The van der Waals surface area contributed by atoms with Crippen molar-refractivity contribution in [1.82, 2.24) is 20.4 Å². The van der Waals surface area contributed by atoms with E-state index in [1.54, 1.807) is 11.9 Å². The van der Waals surface area contributed by atoms with Crippen LogP contribution in [-0.2, 0) is 11.3 Å². The number of ether oxygens (including phenoxy) is 1. The first-order valence-corrected chi connectivity index (χ1v) is 11.1. The van der Waals surface area contributed by atoms with Crippen molar-refractivity contribution < 1.29 is 9.53 Å². The van der Waals surface area contributed by atoms with Gasteiger partial charge in [-0.05, 0) is 50.8 Å². The summed E-state index contributed by atoms with van der Waals surface area (Å²) in [4.78, 5) is 20.6. The third-order valence-corrected chi connectivity index (χ3v) is 5.36. The van der Waals surface area contributed by atoms with E-state index in [0.29, 0.717) is 6.54 Å². The smallest absolute Gasteiger partial charge is 0.239 e. The minimum atomic E-state index is 0. The van der Waals surface area contributed by atoms with Gasteiger partial charge in [0.05, 0.1) is 12.6 Å². The predicted molar refractivity (Wildman–Crippen MR) is 138 cm³/mol. The molecule has 1 aromatic carbocycles. The Kier molecular flexibility index (Phi) is 12.9. The van der Waals surface area contributed by atoms with Gasteiger partial charge >= 0.3 is 0 Å². The number of nitrogens with one attached hydrogen (secondary N) is 2. The number of aliphatic imine (C=N–C) groups is 1. The van der Waals surface area contributed by atoms with Crippen LogP contribution in [-0.4, -0.2) is 75.1 Å². The van der Waals surface area contributed by atoms with Crippen LogP contribution in [0.2, 0.25) is 0 Å². The molecule has 0 bridgehead atoms. The Morgan fingerprint density at radius 1 is 1.32 bits per heavy atom. The molecule has 1 aliphatic rings. The Bertz CT molecular complexity index is 711. The summed E-state index contributed by atoms with van der Waals surface area (Å²) in [6, 6.07) is 6.34. The summed E-state index contributed by atoms with van der Waals surface area (Å²) in [6.07, 6.45) is 4.02. The van der Waals surface area contributed by atoms with Crippen molar-refractivity contribution in [3.8, 4) is 5.75 Å². The quantitative estimate of drug-likeness (QED) is 0.205. The number of benzene rings is 1. The maximum atomic E-state index is 12.3. The zero-order valence-electron chi connectivity index (χ0n) is 19.7. The molecule has 31 heavy (non-hydrogen) atoms. The molecular formula is C23H40IN5O2. The Hall–Kier alpha value is -1.55. The third kappa shape index (κ3) is 8.84. The molecule has 0 saturated carbocycles. The number of hydrogen-bond donors (Lipinski definition) is 2. The van der Waals surface area contributed by atoms with E-state index in [0.717, 1.165) is 69.2 Å². The fraction of sp³-hybridized carbons (Fsp3) is 0.652. The minimum Gasteiger partial charge on any atom is -0.493 e. The summed E-state index contributed by atoms with van der Waals surface area (Å²) >= 11 is 0. The van der Waals surface area contributed by atoms with Gasteiger partial charge in [0.1, 0.15) is 5.75 Å². The van der Waals surface area contributed by atoms with Gasteiger partial charge in [0.2, 0.25) is 5.91 Å². The molecule has 1 saturated heterocycles. The molecule has 176 valence electrons. The van der Waals surface area contributed by atoms with Crippen LogP contribution in [0.4, 0.5) is 0 Å². The minimum absolute atomic E-state index is 0. The zero-order valence-corrected chi connectivity index (χ0v) is 22.1. The number of likely N-dealkylation sites (N-methyl/N-ethyl adjacent to an activating group) is 1. The number of rotatable bonds is 10. The topological polar surface area (TPSA) is 69.2 Å². The number of amides is 1. The van der Waals surface area contributed by atoms with Crippen molar-refractivity contribution in [1.29, 1.82) is 0 Å². The Morgan fingerprint density at radius 2 is 2.10 bits per heavy atom. The summed E-state index contributed by atoms with van der Waals surface area (Å²) in [5.41, 5.74) is 2.32. The van der Waals surface area contributed by atoms with Gasteiger partial charge in [-0.3, -0.25) is 14.7 Å². The molecule has 0 radical (unpaired) electrons. The molecule has 8 heteroatoms. The van der Waals surface area contributed by atoms with Crippen molar-refractivity contribution in [2.45, 2.75) is 52.1 Å². The first kappa shape index (κ1) is 27.5. The number of halogens is 1. The SMILES string of the molecule is CCCOc1cc(C)ccc1CNC(=NC)NCCCN1CCCC1C(=O)N(C)C.I. The molecule has 2 rings (SSSR count). The van der Waals surface area contributed by atoms with Crippen LogP contribution in [0.1, 0.15) is 43.7 Å². The molecule has 1 fully saturated rings. The van der Waals surface area contributed by atoms with Crippen molar-refractivity contribution in [3.63, 3.8) is 0 Å². The van der Waals surface area contributed by atoms with Crippen LogP contribution < -0.4 is 15.4 Å². The number of hydrogen-bond acceptors (Lipinski definition) is 4. The van der Waals surface area contributed by atoms with Crippen molar-refractivity contribution in [2.24, 2.45) is 4.99 Å². The summed E-state index contributed by atoms with van der Waals surface area (Å²) < 4.78 is 5.90. The van der Waals surface area contributed by atoms with Crippen molar-refractivity contribution in [2.75, 3.05) is 47.4 Å². The normalized spacial score (nSPS) is 16.5. The number of carbonyl (C=O) groups excluding carboxylic acids is 1. The van der Waals surface area contributed by atoms with Crippen LogP contribution in [0.5, 0.6) is 5.75 Å². The van der Waals surface area contributed by atoms with Crippen LogP contribution in [0, 0.1) is 6.92 Å². The molecule has 2 N–H and O–H groups in total. The van der Waals surface area contributed by atoms with Crippen LogP contribution in [0.3, 0.4) is 0 Å². The maximum absolute atomic E-state index is 12.3. The van der Waals surface area contributed by atoms with E-state index in [1.165, 1.54) is 5.56 Å². The Labute approximate surface area is 205 Å². The average molecular weight is 546 g/mol. The van der Waals surface area contributed by atoms with Crippen LogP contribution in [0.15, 0.2) is 23.2 Å². The molecule has 1 aromatic rings. The maximum Gasteiger partial charge on any atom is 0.239 e. The van der Waals surface area contributed by atoms with Gasteiger partial charge < -0.3 is 20.3 Å². The number of nitrogens with zero attached hydrogens (tertiary/aromatic N) is 3. The standard InChI is InChI=1S/C23H39N5O2.HI/c1-6-15-30-21-16-18(2)10-11-19(21)17-26-23(24-3)25-12-8-14-28-13-7-9-20(28)22(29)27(4)5;/h10-11,16,20H,6-9,12-15,17H2,1-5H3,(H2,24,25,26);1H. The number of likely N-dealkylation sites (tertiary alicyclic amines) is 1. The van der Waals surface area contributed by atoms with Crippen LogP contribution >= 0.6 is 24.0 Å². The van der Waals surface area contributed by atoms with Crippen molar-refractivity contribution >= 4 is 35.8 Å². The molecule has 0 spiro atoms. The average Bonchev–Trinajstić information content (AvgIpc) is 3.20. The molecule has 1 heterocycles. The molecule has 0 aliphatic carbocycles. The van der Waals surface area contributed by atoms with Crippen molar-refractivity contribution in [3.05, 3.63) is 29.3 Å². The first-order chi connectivity index (χ1) is 14.5. The van der Waals surface area contributed by atoms with E-state index < -0.39 is 0 Å². The second-order valence-electron chi connectivity index (χ2n) is 8.09. The lowest BCUT2D eigenvalue weighted by Crippen LogP contribution is -2.44. The monoisotopic (exact) mass is 545 g/mol. The van der Waals surface area contributed by atoms with E-state index in [1.807, 2.05) is 14.1 Å². The first-order valence-electron chi connectivity index (χ1n) is 11.1. The Balaban J connectivity index is 0.00000480. The highest BCUT2D eigenvalue weighted by Crippen LogP contribution is 2.21. The van der Waals surface area contributed by atoms with Gasteiger partial charge in [-0.2, -0.15) is 0 Å². The molecular weight excluding hydrogens is 505 g/mol. The summed E-state index contributed by atoms with van der Waals surface area (Å²) in [6.45, 7) is 8.30. The fourth-order valence-corrected chi connectivity index (χ4v) is 3.71. The van der Waals surface area contributed by atoms with Gasteiger partial charge in [-0.15, -0.1) is 24.0 Å². The largest absolute Gasteiger partial charge is 0.493 e. The van der Waals surface area contributed by atoms with Gasteiger partial charge in [-0.1, -0.05) is 19.1 Å². The second-order valence-corrected chi connectivity index (χ2v) is 8.09. The molecule has 1 amide bonds. The van der Waals surface area contributed by atoms with E-state index in [4.69, 9.17) is 4.74 Å². The number of carbonyl (C=O) groups is 1. The highest BCUT2D eigenvalue weighted by molar-refractivity contribution is 14.0. The summed E-state index contributed by atoms with van der Waals surface area (Å²) in [7, 11) is 5.46. The molecule has 1 aliphatic heterocycles. The van der Waals surface area contributed by atoms with Gasteiger partial charge in [0.25, 0.3) is 0 Å². The molecule has 7 nitrogen and oxygen atoms in total. The summed E-state index contributed by atoms with van der Waals surface area (Å²) in [5.74, 6) is 1.93. The number of aryl methyl sites for hydroxylation is 1. The third-order valence-electron chi connectivity index (χ3n) is 5.36. The molecule has 1 unspecified atom stereocenters. The van der Waals surface area contributed by atoms with E-state index in [9.17, 15) is 4.79 Å². The van der Waals surface area contributed by atoms with Gasteiger partial charge in [0.15, 0.2) is 5.96 Å². The van der Waals surface area contributed by atoms with E-state index in [2.05, 4.69) is 52.6 Å². The fourth-order valence-electron chi connectivity index (χ4n) is 3.71. The second kappa shape index (κ2) is 14.5. The lowest BCUT2D eigenvalue weighted by molar-refractivity contribution is -0.133. The van der Waals surface area contributed by atoms with Crippen LogP contribution in [0.25, 0.3) is 0 Å².